The largest absolute Gasteiger partial charge is 0.468 e. The van der Waals surface area contributed by atoms with Crippen LogP contribution in [0.15, 0.2) is 233 Å². The highest BCUT2D eigenvalue weighted by molar-refractivity contribution is 7.95. The summed E-state index contributed by atoms with van der Waals surface area (Å²) >= 11 is 0. The van der Waals surface area contributed by atoms with Crippen LogP contribution in [0.25, 0.3) is 96.9 Å². The fourth-order valence-electron chi connectivity index (χ4n) is 14.1. The minimum Gasteiger partial charge on any atom is -0.468 e. The molecule has 8 aliphatic heterocycles. The summed E-state index contributed by atoms with van der Waals surface area (Å²) in [6.07, 6.45) is 51.8. The van der Waals surface area contributed by atoms with Crippen molar-refractivity contribution >= 4 is 149 Å². The van der Waals surface area contributed by atoms with Gasteiger partial charge in [0, 0.05) is 216 Å². The fraction of sp³-hybridized carbons (Fsp3) is 0.193. The molecule has 6 amide bonds. The van der Waals surface area contributed by atoms with Gasteiger partial charge in [0.05, 0.1) is 49.7 Å². The number of ether oxygens (including phenoxy) is 1. The van der Waals surface area contributed by atoms with Gasteiger partial charge in [0.1, 0.15) is 18.0 Å². The quantitative estimate of drug-likeness (QED) is 0.0578. The van der Waals surface area contributed by atoms with Crippen LogP contribution >= 0.6 is 0 Å². The molecular formula is C83H74N26O14S6. The van der Waals surface area contributed by atoms with Crippen molar-refractivity contribution in [2.45, 2.75) is 69.1 Å². The summed E-state index contributed by atoms with van der Waals surface area (Å²) in [5.41, 5.74) is 12.1. The van der Waals surface area contributed by atoms with Crippen LogP contribution in [0.5, 0.6) is 0 Å². The molecule has 46 heteroatoms. The highest BCUT2D eigenvalue weighted by atomic mass is 32.2. The molecule has 2 aliphatic carbocycles. The Balaban J connectivity index is 0.000000109. The average Bonchev–Trinajstić information content (AvgIpc) is 1.60. The molecule has 129 heavy (non-hydrogen) atoms. The Hall–Kier alpha value is -14.6. The second-order valence-electron chi connectivity index (χ2n) is 29.7. The number of nitrogens with one attached hydrogen (secondary N) is 6. The van der Waals surface area contributed by atoms with Gasteiger partial charge in [-0.3, -0.25) is 71.9 Å². The number of rotatable bonds is 17. The van der Waals surface area contributed by atoms with Crippen molar-refractivity contribution in [3.8, 4) is 66.8 Å². The maximum absolute atomic E-state index is 12.0. The van der Waals surface area contributed by atoms with Gasteiger partial charge < -0.3 is 14.5 Å². The zero-order valence-electron chi connectivity index (χ0n) is 67.8. The second kappa shape index (κ2) is 38.3. The molecule has 2 saturated carbocycles. The highest BCUT2D eigenvalue weighted by Crippen LogP contribution is 2.49. The molecule has 2 saturated heterocycles. The molecule has 10 aliphatic rings. The minimum atomic E-state index is -1.59. The number of hydrogen-bond acceptors (Lipinski definition) is 28. The van der Waals surface area contributed by atoms with E-state index in [1.54, 1.807) is 99.1 Å². The van der Waals surface area contributed by atoms with Crippen LogP contribution in [0.3, 0.4) is 0 Å². The van der Waals surface area contributed by atoms with Gasteiger partial charge in [-0.2, -0.15) is 30.6 Å². The molecule has 12 aromatic rings. The first-order chi connectivity index (χ1) is 62.6. The summed E-state index contributed by atoms with van der Waals surface area (Å²) in [6.45, 7) is 4.24. The number of aromatic nitrogens is 18. The second-order valence-corrected chi connectivity index (χ2v) is 36.6. The third kappa shape index (κ3) is 20.1. The van der Waals surface area contributed by atoms with Crippen molar-refractivity contribution in [1.29, 1.82) is 0 Å². The fourth-order valence-corrected chi connectivity index (χ4v) is 19.1. The standard InChI is InChI=1S/C17H15N3O4S.C16H17N5O2S.C15H15N5O2S.C14H12N4O2S.C11H8N4O2S.C10H7N5O2S/c1-24-16(22)17(6-7-17)13-4-2-11(3-5-13)12-9-18-20(10-12)15-8-14(21)19-25(15)23;22-15-8-16(24(23)19-15)21-11-13(10-18-21)12-4-5-14(17-9-12)20-6-2-1-3-7-20;21-14-7-15(23(22)18-14)20-10-12(9-17-20)11-3-4-13(16-8-11)19-5-1-2-6-19;19-13-5-14(21(20)17-13)18-8-11(7-16-18)10-3-4-12(15-6-10)9-1-2-9;16-10-4-11(18(17)14-10)15-7-9(6-13-15)8-2-1-3-12-5-8;16-9-1-10(18(17)14-9)15-5-8(4-13-15)7-2-11-6-12-3-7/h2-5,8-10H,6-7H2,1H3,(H,19,21);4-5,8-11H,1-3,6-7H2,(H,19,22);3-4,7-10H,1-2,5-6H2,(H,18,21);3-9H,1-2H2,(H,17,19);1-7H,(H,14,16);1-6H,(H,14,16). The van der Waals surface area contributed by atoms with Crippen LogP contribution in [0.1, 0.15) is 75.0 Å². The van der Waals surface area contributed by atoms with E-state index < -0.39 is 77.2 Å². The lowest BCUT2D eigenvalue weighted by atomic mass is 9.94. The number of pyridine rings is 4. The van der Waals surface area contributed by atoms with Gasteiger partial charge in [-0.25, -0.2) is 73.3 Å². The molecule has 6 unspecified atom stereocenters. The van der Waals surface area contributed by atoms with Crippen LogP contribution in [-0.2, 0) is 110 Å². The van der Waals surface area contributed by atoms with Crippen molar-refractivity contribution in [2.24, 2.45) is 0 Å². The summed E-state index contributed by atoms with van der Waals surface area (Å²) < 4.78 is 97.5. The number of carbonyl (C=O) groups is 7. The van der Waals surface area contributed by atoms with Crippen molar-refractivity contribution in [3.63, 3.8) is 0 Å². The number of esters is 1. The van der Waals surface area contributed by atoms with Crippen molar-refractivity contribution in [1.82, 2.24) is 117 Å². The maximum atomic E-state index is 12.0. The average molecular weight is 1850 g/mol. The number of nitrogens with zero attached hydrogens (tertiary/aromatic N) is 20. The molecule has 11 aromatic heterocycles. The SMILES string of the molecule is COC(=O)C1(c2ccc(-c3cnn(C4=CC(=O)NS4=O)c3)cc2)CC1.O=C1C=C(n2cc(-c3ccc(C4CC4)nc3)cn2)S(=O)N1.O=C1C=C(n2cc(-c3ccc(N4CCCC4)nc3)cn2)S(=O)N1.O=C1C=C(n2cc(-c3ccc(N4CCCCC4)nc3)cn2)S(=O)N1.O=C1C=C(n2cc(-c3cccnc3)cn2)S(=O)N1.O=C1C=C(n2cc(-c3cncnc3)cn2)S(=O)N1. The van der Waals surface area contributed by atoms with E-state index in [0.717, 1.165) is 129 Å². The van der Waals surface area contributed by atoms with E-state index in [0.29, 0.717) is 36.1 Å². The van der Waals surface area contributed by atoms with Crippen molar-refractivity contribution in [3.05, 3.63) is 245 Å². The van der Waals surface area contributed by atoms with E-state index in [9.17, 15) is 58.8 Å². The van der Waals surface area contributed by atoms with Crippen LogP contribution in [0.4, 0.5) is 11.6 Å². The summed E-state index contributed by atoms with van der Waals surface area (Å²) in [7, 11) is -7.91. The number of carbonyl (C=O) groups excluding carboxylic acids is 7. The van der Waals surface area contributed by atoms with Gasteiger partial charge in [-0.05, 0) is 105 Å². The zero-order valence-corrected chi connectivity index (χ0v) is 72.7. The lowest BCUT2D eigenvalue weighted by molar-refractivity contribution is -0.143. The first kappa shape index (κ1) is 86.5. The van der Waals surface area contributed by atoms with E-state index in [4.69, 9.17) is 4.74 Å². The molecule has 6 atom stereocenters. The molecule has 22 rings (SSSR count). The van der Waals surface area contributed by atoms with Gasteiger partial charge in [-0.1, -0.05) is 36.4 Å². The Bertz CT molecular complexity index is 6600. The molecular weight excluding hydrogens is 1780 g/mol. The molecule has 0 radical (unpaired) electrons. The lowest BCUT2D eigenvalue weighted by Gasteiger charge is -2.27. The summed E-state index contributed by atoms with van der Waals surface area (Å²) in [5, 5.41) is 26.8. The minimum absolute atomic E-state index is 0.194. The van der Waals surface area contributed by atoms with Crippen molar-refractivity contribution in [2.75, 3.05) is 43.1 Å². The van der Waals surface area contributed by atoms with Gasteiger partial charge in [0.25, 0.3) is 35.4 Å². The van der Waals surface area contributed by atoms with Gasteiger partial charge >= 0.3 is 5.97 Å². The number of benzene rings is 1. The Morgan fingerprint density at radius 1 is 0.349 bits per heavy atom. The summed E-state index contributed by atoms with van der Waals surface area (Å²) in [5.74, 6) is 0.173. The van der Waals surface area contributed by atoms with Gasteiger partial charge in [0.2, 0.25) is 0 Å². The predicted octanol–water partition coefficient (Wildman–Crippen LogP) is 5.89. The van der Waals surface area contributed by atoms with E-state index in [1.807, 2.05) is 91.4 Å². The van der Waals surface area contributed by atoms with Gasteiger partial charge in [-0.15, -0.1) is 0 Å². The topological polar surface area (TPSA) is 494 Å². The first-order valence-corrected chi connectivity index (χ1v) is 46.7. The van der Waals surface area contributed by atoms with Crippen molar-refractivity contribution < 1.29 is 63.6 Å². The number of hydrogen-bond donors (Lipinski definition) is 6. The van der Waals surface area contributed by atoms with Crippen LogP contribution in [0.2, 0.25) is 0 Å². The van der Waals surface area contributed by atoms with E-state index in [-0.39, 0.29) is 35.5 Å². The number of piperidine rings is 1. The van der Waals surface area contributed by atoms with Gasteiger partial charge in [0.15, 0.2) is 96.1 Å². The molecule has 0 bridgehead atoms. The molecule has 656 valence electrons. The summed E-state index contributed by atoms with van der Waals surface area (Å²) in [6, 6.07) is 23.5. The number of anilines is 2. The van der Waals surface area contributed by atoms with E-state index >= 15 is 0 Å². The molecule has 6 N–H and O–H groups in total. The predicted molar refractivity (Wildman–Crippen MR) is 479 cm³/mol. The van der Waals surface area contributed by atoms with E-state index in [1.165, 1.54) is 123 Å². The highest BCUT2D eigenvalue weighted by Gasteiger charge is 2.52. The van der Waals surface area contributed by atoms with Crippen LogP contribution in [-0.4, -0.2) is 189 Å². The molecule has 0 spiro atoms. The Labute approximate surface area is 748 Å². The van der Waals surface area contributed by atoms with Crippen LogP contribution < -0.4 is 38.1 Å². The zero-order chi connectivity index (χ0) is 89.4. The lowest BCUT2D eigenvalue weighted by Crippen LogP contribution is -2.29. The molecule has 40 nitrogen and oxygen atoms in total. The normalized spacial score (nSPS) is 20.2. The monoisotopic (exact) mass is 1850 g/mol. The van der Waals surface area contributed by atoms with E-state index in [2.05, 4.69) is 98.6 Å². The Kier molecular flexibility index (Phi) is 25.7. The summed E-state index contributed by atoms with van der Waals surface area (Å²) in [4.78, 5) is 109. The molecule has 1 aromatic carbocycles. The smallest absolute Gasteiger partial charge is 0.316 e. The molecule has 19 heterocycles. The molecule has 4 fully saturated rings. The Morgan fingerprint density at radius 3 is 0.946 bits per heavy atom. The van der Waals surface area contributed by atoms with Crippen LogP contribution in [0, 0.1) is 0 Å². The third-order valence-electron chi connectivity index (χ3n) is 21.1. The maximum Gasteiger partial charge on any atom is 0.316 e. The number of amides is 6. The Morgan fingerprint density at radius 2 is 0.659 bits per heavy atom. The first-order valence-electron chi connectivity index (χ1n) is 39.8. The third-order valence-corrected chi connectivity index (χ3v) is 27.5. The number of methoxy groups -OCH3 is 1.